The number of hydrogen-bond acceptors (Lipinski definition) is 4. The largest absolute Gasteiger partial charge is 0.396 e. The van der Waals surface area contributed by atoms with Gasteiger partial charge in [0.05, 0.1) is 14.4 Å². The molecule has 0 bridgehead atoms. The first-order valence-corrected chi connectivity index (χ1v) is 6.05. The topological polar surface area (TPSA) is 68.0 Å². The van der Waals surface area contributed by atoms with Crippen LogP contribution in [0.4, 0.5) is 11.5 Å². The molecule has 0 unspecified atom stereocenters. The fourth-order valence-corrected chi connectivity index (χ4v) is 2.41. The first-order valence-electron chi connectivity index (χ1n) is 4.44. The number of aromatic nitrogens is 1. The molecule has 2 aromatic rings. The normalized spacial score (nSPS) is 10.1. The summed E-state index contributed by atoms with van der Waals surface area (Å²) in [5, 5.41) is 2.65. The van der Waals surface area contributed by atoms with Crippen molar-refractivity contribution < 1.29 is 4.79 Å². The molecule has 0 aliphatic carbocycles. The molecule has 0 aromatic carbocycles. The van der Waals surface area contributed by atoms with E-state index in [1.807, 2.05) is 6.07 Å². The number of halogens is 1. The van der Waals surface area contributed by atoms with E-state index in [-0.39, 0.29) is 5.91 Å². The molecule has 2 rings (SSSR count). The Morgan fingerprint density at radius 1 is 1.44 bits per heavy atom. The molecule has 16 heavy (non-hydrogen) atoms. The third-order valence-corrected chi connectivity index (χ3v) is 3.49. The van der Waals surface area contributed by atoms with Crippen molar-refractivity contribution in [1.82, 2.24) is 4.98 Å². The fourth-order valence-electron chi connectivity index (χ4n) is 1.13. The minimum Gasteiger partial charge on any atom is -0.396 e. The van der Waals surface area contributed by atoms with Gasteiger partial charge in [0.25, 0.3) is 5.91 Å². The lowest BCUT2D eigenvalue weighted by molar-refractivity contribution is 0.103. The van der Waals surface area contributed by atoms with Gasteiger partial charge in [-0.05, 0) is 40.2 Å². The molecular formula is C10H8BrN3OS. The predicted octanol–water partition coefficient (Wildman–Crippen LogP) is 2.74. The van der Waals surface area contributed by atoms with Gasteiger partial charge in [-0.15, -0.1) is 11.3 Å². The molecule has 0 saturated heterocycles. The van der Waals surface area contributed by atoms with Crippen LogP contribution in [0.5, 0.6) is 0 Å². The number of hydrogen-bond donors (Lipinski definition) is 2. The van der Waals surface area contributed by atoms with Crippen LogP contribution in [0.15, 0.2) is 34.2 Å². The van der Waals surface area contributed by atoms with E-state index < -0.39 is 0 Å². The monoisotopic (exact) mass is 297 g/mol. The first-order chi connectivity index (χ1) is 7.66. The van der Waals surface area contributed by atoms with Gasteiger partial charge in [0.15, 0.2) is 5.82 Å². The van der Waals surface area contributed by atoms with E-state index in [1.54, 1.807) is 24.4 Å². The number of nitrogen functional groups attached to an aromatic ring is 1. The number of rotatable bonds is 2. The molecular weight excluding hydrogens is 290 g/mol. The number of amides is 1. The third-order valence-electron chi connectivity index (χ3n) is 1.87. The Morgan fingerprint density at radius 2 is 2.25 bits per heavy atom. The van der Waals surface area contributed by atoms with Crippen molar-refractivity contribution in [3.8, 4) is 0 Å². The summed E-state index contributed by atoms with van der Waals surface area (Å²) in [6, 6.07) is 6.96. The summed E-state index contributed by atoms with van der Waals surface area (Å²) in [7, 11) is 0. The Bertz CT molecular complexity index is 526. The van der Waals surface area contributed by atoms with Gasteiger partial charge in [0.2, 0.25) is 0 Å². The van der Waals surface area contributed by atoms with Crippen molar-refractivity contribution in [3.63, 3.8) is 0 Å². The van der Waals surface area contributed by atoms with Crippen molar-refractivity contribution in [2.45, 2.75) is 0 Å². The Morgan fingerprint density at radius 3 is 2.88 bits per heavy atom. The van der Waals surface area contributed by atoms with Crippen LogP contribution in [-0.4, -0.2) is 10.9 Å². The maximum atomic E-state index is 11.8. The average Bonchev–Trinajstić information content (AvgIpc) is 2.68. The minimum atomic E-state index is -0.207. The van der Waals surface area contributed by atoms with Crippen LogP contribution in [0.2, 0.25) is 0 Å². The molecule has 0 fully saturated rings. The highest BCUT2D eigenvalue weighted by molar-refractivity contribution is 9.11. The molecule has 6 heteroatoms. The highest BCUT2D eigenvalue weighted by Gasteiger charge is 2.10. The van der Waals surface area contributed by atoms with Crippen LogP contribution in [0.3, 0.4) is 0 Å². The lowest BCUT2D eigenvalue weighted by Gasteiger charge is -2.04. The average molecular weight is 298 g/mol. The van der Waals surface area contributed by atoms with Gasteiger partial charge in [-0.3, -0.25) is 4.79 Å². The van der Waals surface area contributed by atoms with Crippen molar-refractivity contribution >= 4 is 44.7 Å². The molecule has 0 aliphatic heterocycles. The molecule has 0 saturated carbocycles. The zero-order valence-electron chi connectivity index (χ0n) is 8.11. The van der Waals surface area contributed by atoms with Crippen LogP contribution in [0.1, 0.15) is 9.67 Å². The van der Waals surface area contributed by atoms with E-state index in [1.165, 1.54) is 11.3 Å². The SMILES string of the molecule is Nc1cccnc1NC(=O)c1ccc(Br)s1. The summed E-state index contributed by atoms with van der Waals surface area (Å²) < 4.78 is 0.909. The maximum Gasteiger partial charge on any atom is 0.266 e. The zero-order chi connectivity index (χ0) is 11.5. The quantitative estimate of drug-likeness (QED) is 0.895. The maximum absolute atomic E-state index is 11.8. The molecule has 2 heterocycles. The Hall–Kier alpha value is -1.40. The van der Waals surface area contributed by atoms with Gasteiger partial charge in [-0.1, -0.05) is 0 Å². The van der Waals surface area contributed by atoms with E-state index >= 15 is 0 Å². The number of carbonyl (C=O) groups excluding carboxylic acids is 1. The second-order valence-electron chi connectivity index (χ2n) is 3.00. The summed E-state index contributed by atoms with van der Waals surface area (Å²) in [5.41, 5.74) is 6.12. The van der Waals surface area contributed by atoms with Crippen LogP contribution in [0.25, 0.3) is 0 Å². The van der Waals surface area contributed by atoms with Crippen LogP contribution in [-0.2, 0) is 0 Å². The summed E-state index contributed by atoms with van der Waals surface area (Å²) >= 11 is 4.66. The molecule has 1 amide bonds. The smallest absolute Gasteiger partial charge is 0.266 e. The van der Waals surface area contributed by atoms with E-state index in [9.17, 15) is 4.79 Å². The second-order valence-corrected chi connectivity index (χ2v) is 5.46. The number of nitrogens with one attached hydrogen (secondary N) is 1. The van der Waals surface area contributed by atoms with Gasteiger partial charge in [-0.25, -0.2) is 4.98 Å². The standard InChI is InChI=1S/C10H8BrN3OS/c11-8-4-3-7(16-8)10(15)14-9-6(12)2-1-5-13-9/h1-5H,12H2,(H,13,14,15). The number of anilines is 2. The zero-order valence-corrected chi connectivity index (χ0v) is 10.5. The van der Waals surface area contributed by atoms with E-state index in [0.717, 1.165) is 3.79 Å². The lowest BCUT2D eigenvalue weighted by atomic mass is 10.4. The number of carbonyl (C=O) groups is 1. The Kier molecular flexibility index (Phi) is 3.21. The van der Waals surface area contributed by atoms with Gasteiger partial charge in [0, 0.05) is 6.20 Å². The molecule has 3 N–H and O–H groups in total. The minimum absolute atomic E-state index is 0.207. The van der Waals surface area contributed by atoms with Gasteiger partial charge in [0.1, 0.15) is 0 Å². The summed E-state index contributed by atoms with van der Waals surface area (Å²) in [6.45, 7) is 0. The molecule has 82 valence electrons. The van der Waals surface area contributed by atoms with E-state index in [2.05, 4.69) is 26.2 Å². The molecule has 0 atom stereocenters. The highest BCUT2D eigenvalue weighted by atomic mass is 79.9. The second kappa shape index (κ2) is 4.63. The van der Waals surface area contributed by atoms with Crippen molar-refractivity contribution in [2.24, 2.45) is 0 Å². The van der Waals surface area contributed by atoms with Gasteiger partial charge in [-0.2, -0.15) is 0 Å². The van der Waals surface area contributed by atoms with Gasteiger partial charge < -0.3 is 11.1 Å². The third kappa shape index (κ3) is 2.40. The van der Waals surface area contributed by atoms with Gasteiger partial charge >= 0.3 is 0 Å². The molecule has 0 aliphatic rings. The van der Waals surface area contributed by atoms with Crippen LogP contribution in [0, 0.1) is 0 Å². The number of nitrogens with zero attached hydrogens (tertiary/aromatic N) is 1. The van der Waals surface area contributed by atoms with Crippen molar-refractivity contribution in [2.75, 3.05) is 11.1 Å². The predicted molar refractivity (Wildman–Crippen MR) is 68.6 cm³/mol. The van der Waals surface area contributed by atoms with Crippen LogP contribution < -0.4 is 11.1 Å². The van der Waals surface area contributed by atoms with Crippen LogP contribution >= 0.6 is 27.3 Å². The summed E-state index contributed by atoms with van der Waals surface area (Å²) in [5.74, 6) is 0.179. The fraction of sp³-hybridized carbons (Fsp3) is 0. The molecule has 0 spiro atoms. The van der Waals surface area contributed by atoms with E-state index in [0.29, 0.717) is 16.4 Å². The Balaban J connectivity index is 2.17. The van der Waals surface area contributed by atoms with Crippen molar-refractivity contribution in [1.29, 1.82) is 0 Å². The Labute approximate surface area is 105 Å². The van der Waals surface area contributed by atoms with Crippen molar-refractivity contribution in [3.05, 3.63) is 39.1 Å². The number of nitrogens with two attached hydrogens (primary N) is 1. The van der Waals surface area contributed by atoms with E-state index in [4.69, 9.17) is 5.73 Å². The molecule has 4 nitrogen and oxygen atoms in total. The first kappa shape index (κ1) is 11.1. The summed E-state index contributed by atoms with van der Waals surface area (Å²) in [4.78, 5) is 16.4. The summed E-state index contributed by atoms with van der Waals surface area (Å²) in [6.07, 6.45) is 1.58. The molecule has 2 aromatic heterocycles. The lowest BCUT2D eigenvalue weighted by Crippen LogP contribution is -2.12. The number of pyridine rings is 1. The highest BCUT2D eigenvalue weighted by Crippen LogP contribution is 2.23. The number of thiophene rings is 1. The molecule has 0 radical (unpaired) electrons.